The van der Waals surface area contributed by atoms with Gasteiger partial charge in [-0.2, -0.15) is 0 Å². The third-order valence-corrected chi connectivity index (χ3v) is 5.96. The van der Waals surface area contributed by atoms with E-state index in [1.807, 2.05) is 6.20 Å². The molecule has 1 unspecified atom stereocenters. The van der Waals surface area contributed by atoms with Crippen LogP contribution in [-0.2, 0) is 0 Å². The molecule has 0 spiro atoms. The maximum Gasteiger partial charge on any atom is 0.106 e. The molecule has 1 aromatic heterocycles. The topological polar surface area (TPSA) is 62.0 Å². The summed E-state index contributed by atoms with van der Waals surface area (Å²) in [5, 5.41) is 10.1. The second-order valence-electron chi connectivity index (χ2n) is 7.05. The molecule has 1 heterocycles. The second-order valence-corrected chi connectivity index (χ2v) is 7.05. The van der Waals surface area contributed by atoms with Crippen LogP contribution in [0.25, 0.3) is 0 Å². The van der Waals surface area contributed by atoms with Gasteiger partial charge in [0.15, 0.2) is 0 Å². The molecule has 0 saturated heterocycles. The van der Waals surface area contributed by atoms with Crippen molar-refractivity contribution in [2.75, 3.05) is 6.54 Å². The fourth-order valence-electron chi connectivity index (χ4n) is 5.52. The first-order valence-electron chi connectivity index (χ1n) is 7.81. The number of hydrogen-bond donors (Lipinski definition) is 3. The van der Waals surface area contributed by atoms with Crippen LogP contribution in [0, 0.1) is 23.7 Å². The van der Waals surface area contributed by atoms with Crippen LogP contribution in [0.5, 0.6) is 0 Å². The first kappa shape index (κ1) is 12.0. The highest BCUT2D eigenvalue weighted by atomic mass is 16.3. The molecule has 0 amide bonds. The minimum absolute atomic E-state index is 0.306. The quantitative estimate of drug-likeness (QED) is 0.782. The molecule has 3 heteroatoms. The predicted octanol–water partition coefficient (Wildman–Crippen LogP) is 2.55. The SMILES string of the molecule is NCC(O)c1[nH]ccc1C1C2CC3CC(C2)CC1C3. The lowest BCUT2D eigenvalue weighted by molar-refractivity contribution is -0.00369. The van der Waals surface area contributed by atoms with E-state index in [4.69, 9.17) is 5.73 Å². The molecule has 4 saturated carbocycles. The van der Waals surface area contributed by atoms with Gasteiger partial charge in [0.25, 0.3) is 0 Å². The number of aromatic amines is 1. The van der Waals surface area contributed by atoms with Gasteiger partial charge < -0.3 is 15.8 Å². The zero-order chi connectivity index (χ0) is 13.0. The molecular formula is C16H24N2O. The lowest BCUT2D eigenvalue weighted by Crippen LogP contribution is -2.44. The summed E-state index contributed by atoms with van der Waals surface area (Å²) >= 11 is 0. The first-order valence-corrected chi connectivity index (χ1v) is 7.81. The molecule has 4 bridgehead atoms. The number of rotatable bonds is 3. The zero-order valence-corrected chi connectivity index (χ0v) is 11.4. The molecule has 4 aliphatic rings. The summed E-state index contributed by atoms with van der Waals surface area (Å²) in [5.41, 5.74) is 7.99. The summed E-state index contributed by atoms with van der Waals surface area (Å²) in [7, 11) is 0. The number of aliphatic hydroxyl groups is 1. The first-order chi connectivity index (χ1) is 9.26. The van der Waals surface area contributed by atoms with Gasteiger partial charge in [-0.05, 0) is 73.3 Å². The van der Waals surface area contributed by atoms with Crippen LogP contribution in [0.2, 0.25) is 0 Å². The number of nitrogens with one attached hydrogen (secondary N) is 1. The lowest BCUT2D eigenvalue weighted by Gasteiger charge is -2.54. The van der Waals surface area contributed by atoms with Crippen molar-refractivity contribution in [1.82, 2.24) is 4.98 Å². The van der Waals surface area contributed by atoms with E-state index < -0.39 is 6.10 Å². The highest BCUT2D eigenvalue weighted by molar-refractivity contribution is 5.30. The molecule has 5 rings (SSSR count). The predicted molar refractivity (Wildman–Crippen MR) is 74.6 cm³/mol. The van der Waals surface area contributed by atoms with Gasteiger partial charge in [0.2, 0.25) is 0 Å². The smallest absolute Gasteiger partial charge is 0.106 e. The number of H-pyrrole nitrogens is 1. The largest absolute Gasteiger partial charge is 0.386 e. The van der Waals surface area contributed by atoms with Gasteiger partial charge in [-0.15, -0.1) is 0 Å². The highest BCUT2D eigenvalue weighted by Gasteiger charge is 2.49. The monoisotopic (exact) mass is 260 g/mol. The van der Waals surface area contributed by atoms with Gasteiger partial charge in [0.05, 0.1) is 0 Å². The maximum atomic E-state index is 10.1. The van der Waals surface area contributed by atoms with E-state index in [1.165, 1.54) is 37.7 Å². The molecule has 19 heavy (non-hydrogen) atoms. The Bertz CT molecular complexity index is 439. The molecule has 1 aromatic rings. The van der Waals surface area contributed by atoms with Crippen molar-refractivity contribution in [3.05, 3.63) is 23.5 Å². The lowest BCUT2D eigenvalue weighted by atomic mass is 9.50. The molecule has 1 atom stereocenters. The number of hydrogen-bond acceptors (Lipinski definition) is 2. The molecular weight excluding hydrogens is 236 g/mol. The van der Waals surface area contributed by atoms with Crippen molar-refractivity contribution < 1.29 is 5.11 Å². The Balaban J connectivity index is 1.67. The second kappa shape index (κ2) is 4.35. The van der Waals surface area contributed by atoms with E-state index >= 15 is 0 Å². The molecule has 4 N–H and O–H groups in total. The van der Waals surface area contributed by atoms with E-state index in [9.17, 15) is 5.11 Å². The van der Waals surface area contributed by atoms with Gasteiger partial charge in [-0.25, -0.2) is 0 Å². The Labute approximate surface area is 114 Å². The van der Waals surface area contributed by atoms with E-state index in [0.717, 1.165) is 29.4 Å². The fourth-order valence-corrected chi connectivity index (χ4v) is 5.52. The van der Waals surface area contributed by atoms with E-state index in [2.05, 4.69) is 11.1 Å². The summed E-state index contributed by atoms with van der Waals surface area (Å²) in [6, 6.07) is 2.20. The van der Waals surface area contributed by atoms with Crippen molar-refractivity contribution >= 4 is 0 Å². The minimum Gasteiger partial charge on any atom is -0.386 e. The Hall–Kier alpha value is -0.800. The van der Waals surface area contributed by atoms with Crippen LogP contribution in [0.3, 0.4) is 0 Å². The Kier molecular flexibility index (Phi) is 2.75. The van der Waals surface area contributed by atoms with E-state index in [0.29, 0.717) is 12.5 Å². The summed E-state index contributed by atoms with van der Waals surface area (Å²) in [6.07, 6.45) is 8.62. The van der Waals surface area contributed by atoms with Crippen LogP contribution in [0.1, 0.15) is 55.4 Å². The number of nitrogens with two attached hydrogens (primary N) is 1. The van der Waals surface area contributed by atoms with E-state index in [1.54, 1.807) is 0 Å². The average Bonchev–Trinajstić information content (AvgIpc) is 2.85. The standard InChI is InChI=1S/C16H24N2O/c17-8-14(19)16-13(1-2-18-16)15-11-4-9-3-10(6-11)7-12(15)5-9/h1-2,9-12,14-15,18-19H,3-8,17H2. The molecule has 0 aromatic carbocycles. The third-order valence-electron chi connectivity index (χ3n) is 5.96. The molecule has 104 valence electrons. The highest BCUT2D eigenvalue weighted by Crippen LogP contribution is 2.60. The number of aliphatic hydroxyl groups excluding tert-OH is 1. The maximum absolute atomic E-state index is 10.1. The van der Waals surface area contributed by atoms with Crippen molar-refractivity contribution in [2.24, 2.45) is 29.4 Å². The third kappa shape index (κ3) is 1.78. The van der Waals surface area contributed by atoms with Crippen molar-refractivity contribution in [3.63, 3.8) is 0 Å². The summed E-state index contributed by atoms with van der Waals surface area (Å²) in [6.45, 7) is 0.306. The Morgan fingerprint density at radius 2 is 1.79 bits per heavy atom. The van der Waals surface area contributed by atoms with Crippen LogP contribution < -0.4 is 5.73 Å². The van der Waals surface area contributed by atoms with Crippen molar-refractivity contribution in [2.45, 2.75) is 44.1 Å². The summed E-state index contributed by atoms with van der Waals surface area (Å²) in [4.78, 5) is 3.24. The van der Waals surface area contributed by atoms with Gasteiger partial charge >= 0.3 is 0 Å². The zero-order valence-electron chi connectivity index (χ0n) is 11.4. The van der Waals surface area contributed by atoms with Crippen LogP contribution in [0.4, 0.5) is 0 Å². The summed E-state index contributed by atoms with van der Waals surface area (Å²) < 4.78 is 0. The summed E-state index contributed by atoms with van der Waals surface area (Å²) in [5.74, 6) is 4.39. The van der Waals surface area contributed by atoms with E-state index in [-0.39, 0.29) is 0 Å². The Morgan fingerprint density at radius 3 is 2.37 bits per heavy atom. The van der Waals surface area contributed by atoms with Crippen LogP contribution >= 0.6 is 0 Å². The van der Waals surface area contributed by atoms with Crippen molar-refractivity contribution in [3.8, 4) is 0 Å². The normalized spacial score (nSPS) is 41.7. The average molecular weight is 260 g/mol. The van der Waals surface area contributed by atoms with Gasteiger partial charge in [-0.3, -0.25) is 0 Å². The Morgan fingerprint density at radius 1 is 1.16 bits per heavy atom. The van der Waals surface area contributed by atoms with Gasteiger partial charge in [0.1, 0.15) is 6.10 Å². The van der Waals surface area contributed by atoms with Crippen LogP contribution in [-0.4, -0.2) is 16.6 Å². The van der Waals surface area contributed by atoms with Crippen molar-refractivity contribution in [1.29, 1.82) is 0 Å². The van der Waals surface area contributed by atoms with Gasteiger partial charge in [-0.1, -0.05) is 0 Å². The van der Waals surface area contributed by atoms with Gasteiger partial charge in [0, 0.05) is 18.4 Å². The molecule has 4 fully saturated rings. The molecule has 0 radical (unpaired) electrons. The molecule has 4 aliphatic carbocycles. The minimum atomic E-state index is -0.526. The molecule has 3 nitrogen and oxygen atoms in total. The number of aromatic nitrogens is 1. The molecule has 0 aliphatic heterocycles. The fraction of sp³-hybridized carbons (Fsp3) is 0.750. The van der Waals surface area contributed by atoms with Crippen LogP contribution in [0.15, 0.2) is 12.3 Å².